The van der Waals surface area contributed by atoms with Gasteiger partial charge < -0.3 is 16.2 Å². The zero-order chi connectivity index (χ0) is 11.3. The second-order valence-electron chi connectivity index (χ2n) is 3.08. The molecule has 1 rings (SSSR count). The molecule has 0 bridgehead atoms. The summed E-state index contributed by atoms with van der Waals surface area (Å²) in [7, 11) is 0. The summed E-state index contributed by atoms with van der Waals surface area (Å²) in [6.45, 7) is 0.484. The summed E-state index contributed by atoms with van der Waals surface area (Å²) in [4.78, 5) is 11.3. The van der Waals surface area contributed by atoms with Crippen molar-refractivity contribution in [2.24, 2.45) is 5.73 Å². The number of phenolic OH excluding ortho intramolecular Hbond substituents is 1. The van der Waals surface area contributed by atoms with E-state index in [0.29, 0.717) is 29.5 Å². The molecule has 0 spiro atoms. The molecule has 0 aromatic heterocycles. The quantitative estimate of drug-likeness (QED) is 0.732. The van der Waals surface area contributed by atoms with Crippen molar-refractivity contribution < 1.29 is 9.90 Å². The highest BCUT2D eigenvalue weighted by Gasteiger charge is 2.07. The maximum atomic E-state index is 11.3. The molecule has 0 radical (unpaired) electrons. The maximum Gasteiger partial charge on any atom is 0.224 e. The lowest BCUT2D eigenvalue weighted by Crippen LogP contribution is -2.13. The summed E-state index contributed by atoms with van der Waals surface area (Å²) < 4.78 is 0.555. The summed E-state index contributed by atoms with van der Waals surface area (Å²) in [5, 5.41) is 12.2. The predicted molar refractivity (Wildman–Crippen MR) is 62.7 cm³/mol. The summed E-state index contributed by atoms with van der Waals surface area (Å²) >= 11 is 3.17. The largest absolute Gasteiger partial charge is 0.505 e. The Hall–Kier alpha value is -1.07. The van der Waals surface area contributed by atoms with Crippen LogP contribution < -0.4 is 11.1 Å². The average Bonchev–Trinajstić information content (AvgIpc) is 2.22. The van der Waals surface area contributed by atoms with E-state index in [4.69, 9.17) is 5.73 Å². The lowest BCUT2D eigenvalue weighted by molar-refractivity contribution is -0.116. The molecule has 0 aliphatic heterocycles. The first kappa shape index (κ1) is 12.0. The van der Waals surface area contributed by atoms with Crippen molar-refractivity contribution in [1.29, 1.82) is 0 Å². The van der Waals surface area contributed by atoms with Crippen LogP contribution in [0.1, 0.15) is 12.8 Å². The lowest BCUT2D eigenvalue weighted by Gasteiger charge is -2.07. The number of carbonyl (C=O) groups is 1. The molecule has 0 saturated carbocycles. The van der Waals surface area contributed by atoms with Crippen molar-refractivity contribution in [1.82, 2.24) is 0 Å². The number of amides is 1. The number of aromatic hydroxyl groups is 1. The second kappa shape index (κ2) is 5.72. The first-order chi connectivity index (χ1) is 7.15. The molecule has 1 amide bonds. The molecule has 4 N–H and O–H groups in total. The third-order valence-corrected chi connectivity index (χ3v) is 2.51. The van der Waals surface area contributed by atoms with Gasteiger partial charge in [-0.15, -0.1) is 0 Å². The minimum Gasteiger partial charge on any atom is -0.505 e. The molecule has 5 heteroatoms. The number of para-hydroxylation sites is 1. The highest BCUT2D eigenvalue weighted by molar-refractivity contribution is 9.10. The SMILES string of the molecule is NCCCC(=O)Nc1cccc(Br)c1O. The highest BCUT2D eigenvalue weighted by Crippen LogP contribution is 2.31. The molecule has 0 fully saturated rings. The van der Waals surface area contributed by atoms with Gasteiger partial charge in [-0.3, -0.25) is 4.79 Å². The van der Waals surface area contributed by atoms with Crippen molar-refractivity contribution in [3.63, 3.8) is 0 Å². The minimum atomic E-state index is -0.145. The van der Waals surface area contributed by atoms with Gasteiger partial charge >= 0.3 is 0 Å². The average molecular weight is 273 g/mol. The molecular weight excluding hydrogens is 260 g/mol. The first-order valence-corrected chi connectivity index (χ1v) is 5.42. The molecule has 0 unspecified atom stereocenters. The van der Waals surface area contributed by atoms with Crippen molar-refractivity contribution >= 4 is 27.5 Å². The fourth-order valence-corrected chi connectivity index (χ4v) is 1.46. The van der Waals surface area contributed by atoms with E-state index in [0.717, 1.165) is 0 Å². The van der Waals surface area contributed by atoms with E-state index >= 15 is 0 Å². The van der Waals surface area contributed by atoms with Crippen LogP contribution in [0.25, 0.3) is 0 Å². The Morgan fingerprint density at radius 3 is 2.93 bits per heavy atom. The third-order valence-electron chi connectivity index (χ3n) is 1.87. The van der Waals surface area contributed by atoms with Crippen molar-refractivity contribution in [2.75, 3.05) is 11.9 Å². The number of benzene rings is 1. The van der Waals surface area contributed by atoms with Gasteiger partial charge in [0, 0.05) is 6.42 Å². The second-order valence-corrected chi connectivity index (χ2v) is 3.93. The van der Waals surface area contributed by atoms with Gasteiger partial charge in [0.1, 0.15) is 0 Å². The molecule has 0 heterocycles. The number of nitrogens with two attached hydrogens (primary N) is 1. The van der Waals surface area contributed by atoms with Crippen LogP contribution in [0.5, 0.6) is 5.75 Å². The number of phenols is 1. The van der Waals surface area contributed by atoms with Crippen molar-refractivity contribution in [3.05, 3.63) is 22.7 Å². The predicted octanol–water partition coefficient (Wildman–Crippen LogP) is 1.83. The van der Waals surface area contributed by atoms with E-state index < -0.39 is 0 Å². The number of hydrogen-bond acceptors (Lipinski definition) is 3. The summed E-state index contributed by atoms with van der Waals surface area (Å²) in [5.41, 5.74) is 5.70. The fourth-order valence-electron chi connectivity index (χ4n) is 1.09. The topological polar surface area (TPSA) is 75.4 Å². The Labute approximate surface area is 96.6 Å². The van der Waals surface area contributed by atoms with E-state index in [1.54, 1.807) is 18.2 Å². The molecule has 1 aromatic rings. The van der Waals surface area contributed by atoms with Crippen LogP contribution in [0.4, 0.5) is 5.69 Å². The molecule has 0 atom stereocenters. The Balaban J connectivity index is 2.64. The number of hydrogen-bond donors (Lipinski definition) is 3. The van der Waals surface area contributed by atoms with Crippen LogP contribution in [0.3, 0.4) is 0 Å². The van der Waals surface area contributed by atoms with Crippen LogP contribution in [0.15, 0.2) is 22.7 Å². The zero-order valence-corrected chi connectivity index (χ0v) is 9.75. The van der Waals surface area contributed by atoms with Gasteiger partial charge in [0.05, 0.1) is 10.2 Å². The maximum absolute atomic E-state index is 11.3. The Morgan fingerprint density at radius 1 is 1.53 bits per heavy atom. The van der Waals surface area contributed by atoms with Gasteiger partial charge in [0.15, 0.2) is 5.75 Å². The van der Waals surface area contributed by atoms with Crippen LogP contribution in [-0.2, 0) is 4.79 Å². The molecule has 1 aromatic carbocycles. The van der Waals surface area contributed by atoms with Gasteiger partial charge in [-0.25, -0.2) is 0 Å². The van der Waals surface area contributed by atoms with E-state index in [1.807, 2.05) is 0 Å². The Morgan fingerprint density at radius 2 is 2.27 bits per heavy atom. The highest BCUT2D eigenvalue weighted by atomic mass is 79.9. The van der Waals surface area contributed by atoms with Gasteiger partial charge in [-0.05, 0) is 41.0 Å². The minimum absolute atomic E-state index is 0.0404. The zero-order valence-electron chi connectivity index (χ0n) is 8.16. The molecule has 0 aliphatic rings. The van der Waals surface area contributed by atoms with Crippen molar-refractivity contribution in [2.45, 2.75) is 12.8 Å². The molecule has 82 valence electrons. The molecule has 15 heavy (non-hydrogen) atoms. The number of halogens is 1. The summed E-state index contributed by atoms with van der Waals surface area (Å²) in [6.07, 6.45) is 1.00. The molecular formula is C10H13BrN2O2. The van der Waals surface area contributed by atoms with Crippen LogP contribution in [0, 0.1) is 0 Å². The van der Waals surface area contributed by atoms with Gasteiger partial charge in [-0.2, -0.15) is 0 Å². The number of anilines is 1. The van der Waals surface area contributed by atoms with Crippen LogP contribution in [-0.4, -0.2) is 17.6 Å². The Kier molecular flexibility index (Phi) is 4.58. The third kappa shape index (κ3) is 3.53. The number of carbonyl (C=O) groups excluding carboxylic acids is 1. The Bertz CT molecular complexity index is 355. The van der Waals surface area contributed by atoms with Gasteiger partial charge in [-0.1, -0.05) is 6.07 Å². The number of nitrogens with one attached hydrogen (secondary N) is 1. The monoisotopic (exact) mass is 272 g/mol. The van der Waals surface area contributed by atoms with E-state index in [2.05, 4.69) is 21.2 Å². The van der Waals surface area contributed by atoms with Crippen molar-refractivity contribution in [3.8, 4) is 5.75 Å². The molecule has 0 saturated heterocycles. The van der Waals surface area contributed by atoms with E-state index in [1.165, 1.54) is 0 Å². The standard InChI is InChI=1S/C10H13BrN2O2/c11-7-3-1-4-8(10(7)15)13-9(14)5-2-6-12/h1,3-4,15H,2,5-6,12H2,(H,13,14). The molecule has 4 nitrogen and oxygen atoms in total. The van der Waals surface area contributed by atoms with Gasteiger partial charge in [0.25, 0.3) is 0 Å². The first-order valence-electron chi connectivity index (χ1n) is 4.62. The van der Waals surface area contributed by atoms with E-state index in [-0.39, 0.29) is 11.7 Å². The van der Waals surface area contributed by atoms with Gasteiger partial charge in [0.2, 0.25) is 5.91 Å². The fraction of sp³-hybridized carbons (Fsp3) is 0.300. The van der Waals surface area contributed by atoms with Crippen LogP contribution >= 0.6 is 15.9 Å². The normalized spacial score (nSPS) is 10.0. The number of rotatable bonds is 4. The summed E-state index contributed by atoms with van der Waals surface area (Å²) in [6, 6.07) is 5.08. The molecule has 0 aliphatic carbocycles. The van der Waals surface area contributed by atoms with Crippen LogP contribution in [0.2, 0.25) is 0 Å². The van der Waals surface area contributed by atoms with E-state index in [9.17, 15) is 9.90 Å². The lowest BCUT2D eigenvalue weighted by atomic mass is 10.2. The smallest absolute Gasteiger partial charge is 0.224 e. The summed E-state index contributed by atoms with van der Waals surface area (Å²) in [5.74, 6) is -0.104.